The summed E-state index contributed by atoms with van der Waals surface area (Å²) in [6.07, 6.45) is 3.74. The van der Waals surface area contributed by atoms with Crippen LogP contribution in [0.15, 0.2) is 53.7 Å². The average Bonchev–Trinajstić information content (AvgIpc) is 2.38. The van der Waals surface area contributed by atoms with E-state index in [1.807, 2.05) is 30.2 Å². The summed E-state index contributed by atoms with van der Waals surface area (Å²) in [6.45, 7) is 4.44. The maximum absolute atomic E-state index is 4.12. The summed E-state index contributed by atoms with van der Waals surface area (Å²) in [4.78, 5) is 5.44. The van der Waals surface area contributed by atoms with Crippen LogP contribution in [-0.2, 0) is 5.75 Å². The van der Waals surface area contributed by atoms with Gasteiger partial charge < -0.3 is 0 Å². The Labute approximate surface area is 107 Å². The normalized spacial score (nSPS) is 10.8. The first-order valence-corrected chi connectivity index (χ1v) is 6.86. The maximum atomic E-state index is 4.12. The van der Waals surface area contributed by atoms with Gasteiger partial charge in [-0.1, -0.05) is 32.0 Å². The number of nitrogens with zero attached hydrogens (tertiary/aromatic N) is 1. The quantitative estimate of drug-likeness (QED) is 0.733. The zero-order valence-electron chi connectivity index (χ0n) is 10.3. The van der Waals surface area contributed by atoms with E-state index in [9.17, 15) is 0 Å². The maximum Gasteiger partial charge on any atom is 0.0308 e. The van der Waals surface area contributed by atoms with E-state index >= 15 is 0 Å². The van der Waals surface area contributed by atoms with Gasteiger partial charge in [0.15, 0.2) is 0 Å². The lowest BCUT2D eigenvalue weighted by Crippen LogP contribution is -1.86. The van der Waals surface area contributed by atoms with Crippen LogP contribution in [0.25, 0.3) is 0 Å². The molecular formula is C15H17NS. The molecule has 0 fully saturated rings. The van der Waals surface area contributed by atoms with Crippen molar-refractivity contribution in [2.45, 2.75) is 30.4 Å². The van der Waals surface area contributed by atoms with E-state index in [1.165, 1.54) is 16.0 Å². The fourth-order valence-corrected chi connectivity index (χ4v) is 2.43. The molecule has 0 saturated carbocycles. The highest BCUT2D eigenvalue weighted by Crippen LogP contribution is 2.24. The molecular weight excluding hydrogens is 226 g/mol. The highest BCUT2D eigenvalue weighted by molar-refractivity contribution is 7.98. The third-order valence-corrected chi connectivity index (χ3v) is 3.76. The van der Waals surface area contributed by atoms with Gasteiger partial charge in [-0.2, -0.15) is 0 Å². The van der Waals surface area contributed by atoms with Crippen molar-refractivity contribution in [1.82, 2.24) is 4.98 Å². The molecule has 17 heavy (non-hydrogen) atoms. The SMILES string of the molecule is CC(C)c1ccc(SCc2cccnc2)cc1. The first-order chi connectivity index (χ1) is 8.25. The van der Waals surface area contributed by atoms with Crippen molar-refractivity contribution < 1.29 is 0 Å². The van der Waals surface area contributed by atoms with Crippen molar-refractivity contribution in [2.75, 3.05) is 0 Å². The van der Waals surface area contributed by atoms with Crippen LogP contribution in [0, 0.1) is 0 Å². The van der Waals surface area contributed by atoms with E-state index in [1.54, 1.807) is 0 Å². The van der Waals surface area contributed by atoms with E-state index in [0.29, 0.717) is 5.92 Å². The number of pyridine rings is 1. The van der Waals surface area contributed by atoms with Gasteiger partial charge in [0.25, 0.3) is 0 Å². The second kappa shape index (κ2) is 5.87. The molecule has 0 spiro atoms. The Bertz CT molecular complexity index is 448. The Morgan fingerprint density at radius 1 is 1.12 bits per heavy atom. The number of thioether (sulfide) groups is 1. The molecule has 0 saturated heterocycles. The van der Waals surface area contributed by atoms with Crippen LogP contribution < -0.4 is 0 Å². The first kappa shape index (κ1) is 12.2. The molecule has 0 bridgehead atoms. The van der Waals surface area contributed by atoms with Crippen LogP contribution in [0.2, 0.25) is 0 Å². The van der Waals surface area contributed by atoms with Gasteiger partial charge >= 0.3 is 0 Å². The Morgan fingerprint density at radius 3 is 2.47 bits per heavy atom. The molecule has 0 aliphatic heterocycles. The third kappa shape index (κ3) is 3.60. The molecule has 2 heteroatoms. The van der Waals surface area contributed by atoms with Gasteiger partial charge in [-0.15, -0.1) is 11.8 Å². The zero-order valence-corrected chi connectivity index (χ0v) is 11.1. The Hall–Kier alpha value is -1.28. The summed E-state index contributed by atoms with van der Waals surface area (Å²) in [7, 11) is 0. The first-order valence-electron chi connectivity index (χ1n) is 5.87. The predicted octanol–water partition coefficient (Wildman–Crippen LogP) is 4.50. The Kier molecular flexibility index (Phi) is 4.21. The molecule has 0 aliphatic rings. The van der Waals surface area contributed by atoms with Gasteiger partial charge in [0.05, 0.1) is 0 Å². The lowest BCUT2D eigenvalue weighted by atomic mass is 10.0. The number of benzene rings is 1. The highest BCUT2D eigenvalue weighted by Gasteiger charge is 2.00. The van der Waals surface area contributed by atoms with Crippen LogP contribution in [-0.4, -0.2) is 4.98 Å². The molecule has 1 aromatic heterocycles. The van der Waals surface area contributed by atoms with Crippen molar-refractivity contribution >= 4 is 11.8 Å². The molecule has 0 N–H and O–H groups in total. The van der Waals surface area contributed by atoms with Gasteiger partial charge in [-0.05, 0) is 35.2 Å². The van der Waals surface area contributed by atoms with Crippen LogP contribution in [0.3, 0.4) is 0 Å². The molecule has 1 nitrogen and oxygen atoms in total. The number of aromatic nitrogens is 1. The van der Waals surface area contributed by atoms with Crippen molar-refractivity contribution in [3.8, 4) is 0 Å². The zero-order chi connectivity index (χ0) is 12.1. The molecule has 0 aliphatic carbocycles. The second-order valence-electron chi connectivity index (χ2n) is 4.37. The van der Waals surface area contributed by atoms with Crippen molar-refractivity contribution in [1.29, 1.82) is 0 Å². The largest absolute Gasteiger partial charge is 0.264 e. The lowest BCUT2D eigenvalue weighted by Gasteiger charge is -2.06. The Balaban J connectivity index is 1.96. The third-order valence-electron chi connectivity index (χ3n) is 2.68. The van der Waals surface area contributed by atoms with Crippen molar-refractivity contribution in [2.24, 2.45) is 0 Å². The van der Waals surface area contributed by atoms with Crippen LogP contribution in [0.4, 0.5) is 0 Å². The van der Waals surface area contributed by atoms with E-state index in [0.717, 1.165) is 5.75 Å². The van der Waals surface area contributed by atoms with E-state index in [-0.39, 0.29) is 0 Å². The fourth-order valence-electron chi connectivity index (χ4n) is 1.60. The smallest absolute Gasteiger partial charge is 0.0308 e. The topological polar surface area (TPSA) is 12.9 Å². The van der Waals surface area contributed by atoms with Crippen LogP contribution >= 0.6 is 11.8 Å². The fraction of sp³-hybridized carbons (Fsp3) is 0.267. The minimum atomic E-state index is 0.604. The highest BCUT2D eigenvalue weighted by atomic mass is 32.2. The predicted molar refractivity (Wildman–Crippen MR) is 74.3 cm³/mol. The minimum absolute atomic E-state index is 0.604. The van der Waals surface area contributed by atoms with Crippen LogP contribution in [0.1, 0.15) is 30.9 Å². The molecule has 88 valence electrons. The number of hydrogen-bond donors (Lipinski definition) is 0. The summed E-state index contributed by atoms with van der Waals surface area (Å²) >= 11 is 1.85. The summed E-state index contributed by atoms with van der Waals surface area (Å²) in [5.74, 6) is 1.59. The van der Waals surface area contributed by atoms with Crippen LogP contribution in [0.5, 0.6) is 0 Å². The molecule has 0 amide bonds. The molecule has 2 aromatic rings. The van der Waals surface area contributed by atoms with E-state index < -0.39 is 0 Å². The van der Waals surface area contributed by atoms with Crippen molar-refractivity contribution in [3.05, 3.63) is 59.9 Å². The van der Waals surface area contributed by atoms with Gasteiger partial charge in [0.2, 0.25) is 0 Å². The average molecular weight is 243 g/mol. The molecule has 0 unspecified atom stereocenters. The second-order valence-corrected chi connectivity index (χ2v) is 5.42. The summed E-state index contributed by atoms with van der Waals surface area (Å²) < 4.78 is 0. The van der Waals surface area contributed by atoms with E-state index in [4.69, 9.17) is 0 Å². The van der Waals surface area contributed by atoms with Gasteiger partial charge in [0.1, 0.15) is 0 Å². The molecule has 1 heterocycles. The van der Waals surface area contributed by atoms with E-state index in [2.05, 4.69) is 49.2 Å². The monoisotopic (exact) mass is 243 g/mol. The molecule has 0 radical (unpaired) electrons. The summed E-state index contributed by atoms with van der Waals surface area (Å²) in [6, 6.07) is 12.9. The lowest BCUT2D eigenvalue weighted by molar-refractivity contribution is 0.865. The van der Waals surface area contributed by atoms with Gasteiger partial charge in [0, 0.05) is 23.0 Å². The molecule has 1 aromatic carbocycles. The van der Waals surface area contributed by atoms with Gasteiger partial charge in [-0.3, -0.25) is 4.98 Å². The molecule has 2 rings (SSSR count). The van der Waals surface area contributed by atoms with Gasteiger partial charge in [-0.25, -0.2) is 0 Å². The Morgan fingerprint density at radius 2 is 1.88 bits per heavy atom. The minimum Gasteiger partial charge on any atom is -0.264 e. The molecule has 0 atom stereocenters. The summed E-state index contributed by atoms with van der Waals surface area (Å²) in [5.41, 5.74) is 2.67. The number of hydrogen-bond acceptors (Lipinski definition) is 2. The van der Waals surface area contributed by atoms with Crippen molar-refractivity contribution in [3.63, 3.8) is 0 Å². The number of rotatable bonds is 4. The summed E-state index contributed by atoms with van der Waals surface area (Å²) in [5, 5.41) is 0. The standard InChI is InChI=1S/C15H17NS/c1-12(2)14-5-7-15(8-6-14)17-11-13-4-3-9-16-10-13/h3-10,12H,11H2,1-2H3.